The molecule has 21 heavy (non-hydrogen) atoms. The molecule has 2 atom stereocenters. The lowest BCUT2D eigenvalue weighted by Crippen LogP contribution is -2.53. The number of thioether (sulfide) groups is 1. The largest absolute Gasteiger partial charge is 0.497 e. The van der Waals surface area contributed by atoms with Crippen LogP contribution in [0.5, 0.6) is 5.75 Å². The van der Waals surface area contributed by atoms with Gasteiger partial charge < -0.3 is 15.0 Å². The number of carbonyl (C=O) groups is 1. The number of anilines is 1. The Balaban J connectivity index is 1.71. The van der Waals surface area contributed by atoms with Crippen LogP contribution >= 0.6 is 11.8 Å². The van der Waals surface area contributed by atoms with Gasteiger partial charge in [-0.3, -0.25) is 4.79 Å². The first kappa shape index (κ1) is 14.7. The number of hydrogen-bond donors (Lipinski definition) is 1. The van der Waals surface area contributed by atoms with Crippen molar-refractivity contribution in [2.24, 2.45) is 0 Å². The molecule has 2 aliphatic rings. The number of benzene rings is 1. The second kappa shape index (κ2) is 6.71. The molecule has 2 unspecified atom stereocenters. The van der Waals surface area contributed by atoms with Crippen LogP contribution in [0.3, 0.4) is 0 Å². The highest BCUT2D eigenvalue weighted by atomic mass is 32.2. The van der Waals surface area contributed by atoms with E-state index in [1.54, 1.807) is 7.11 Å². The molecule has 2 heterocycles. The summed E-state index contributed by atoms with van der Waals surface area (Å²) in [4.78, 5) is 14.6. The van der Waals surface area contributed by atoms with Gasteiger partial charge >= 0.3 is 0 Å². The average molecular weight is 306 g/mol. The van der Waals surface area contributed by atoms with E-state index >= 15 is 0 Å². The van der Waals surface area contributed by atoms with E-state index in [0.717, 1.165) is 36.6 Å². The minimum atomic E-state index is -0.0337. The number of nitrogens with one attached hydrogen (secondary N) is 1. The zero-order valence-corrected chi connectivity index (χ0v) is 13.2. The van der Waals surface area contributed by atoms with Gasteiger partial charge in [-0.2, -0.15) is 11.8 Å². The normalized spacial score (nSPS) is 26.1. The van der Waals surface area contributed by atoms with Crippen molar-refractivity contribution in [2.75, 3.05) is 30.1 Å². The van der Waals surface area contributed by atoms with Crippen molar-refractivity contribution in [3.05, 3.63) is 24.3 Å². The van der Waals surface area contributed by atoms with Crippen molar-refractivity contribution in [1.29, 1.82) is 0 Å². The molecule has 0 spiro atoms. The van der Waals surface area contributed by atoms with Gasteiger partial charge in [-0.25, -0.2) is 0 Å². The maximum atomic E-state index is 12.7. The summed E-state index contributed by atoms with van der Waals surface area (Å²) < 4.78 is 5.26. The van der Waals surface area contributed by atoms with E-state index in [1.807, 2.05) is 40.9 Å². The van der Waals surface area contributed by atoms with E-state index in [2.05, 4.69) is 5.32 Å². The van der Waals surface area contributed by atoms with Gasteiger partial charge in [0.25, 0.3) is 0 Å². The van der Waals surface area contributed by atoms with Crippen molar-refractivity contribution < 1.29 is 9.53 Å². The predicted octanol–water partition coefficient (Wildman–Crippen LogP) is 2.29. The summed E-state index contributed by atoms with van der Waals surface area (Å²) in [5.41, 5.74) is 0.937. The molecule has 0 aliphatic carbocycles. The first-order chi connectivity index (χ1) is 10.3. The summed E-state index contributed by atoms with van der Waals surface area (Å²) in [6.07, 6.45) is 3.16. The van der Waals surface area contributed by atoms with Crippen LogP contribution in [0.1, 0.15) is 19.3 Å². The molecular weight excluding hydrogens is 284 g/mol. The maximum Gasteiger partial charge on any atom is 0.244 e. The van der Waals surface area contributed by atoms with E-state index in [1.165, 1.54) is 12.2 Å². The molecular formula is C16H22N2O2S. The van der Waals surface area contributed by atoms with Crippen LogP contribution in [0.4, 0.5) is 5.69 Å². The first-order valence-corrected chi connectivity index (χ1v) is 8.72. The van der Waals surface area contributed by atoms with Gasteiger partial charge in [-0.05, 0) is 37.1 Å². The molecule has 1 aromatic carbocycles. The van der Waals surface area contributed by atoms with Gasteiger partial charge in [0, 0.05) is 30.1 Å². The highest BCUT2D eigenvalue weighted by molar-refractivity contribution is 7.99. The van der Waals surface area contributed by atoms with E-state index in [-0.39, 0.29) is 11.9 Å². The van der Waals surface area contributed by atoms with Gasteiger partial charge in [-0.15, -0.1) is 0 Å². The predicted molar refractivity (Wildman–Crippen MR) is 87.2 cm³/mol. The van der Waals surface area contributed by atoms with Gasteiger partial charge in [-0.1, -0.05) is 6.07 Å². The standard InChI is InChI=1S/C16H22N2O2S/c1-20-14-5-2-4-13(10-14)18-8-3-6-15(16(18)19)17-12-7-9-21-11-12/h2,4-5,10,12,15,17H,3,6-9,11H2,1H3. The van der Waals surface area contributed by atoms with Crippen LogP contribution in [0, 0.1) is 0 Å². The lowest BCUT2D eigenvalue weighted by Gasteiger charge is -2.34. The van der Waals surface area contributed by atoms with Crippen LogP contribution in [0.25, 0.3) is 0 Å². The topological polar surface area (TPSA) is 41.6 Å². The van der Waals surface area contributed by atoms with Gasteiger partial charge in [0.15, 0.2) is 0 Å². The van der Waals surface area contributed by atoms with E-state index < -0.39 is 0 Å². The van der Waals surface area contributed by atoms with Gasteiger partial charge in [0.05, 0.1) is 13.2 Å². The fourth-order valence-electron chi connectivity index (χ4n) is 3.02. The third kappa shape index (κ3) is 3.35. The summed E-state index contributed by atoms with van der Waals surface area (Å²) in [6.45, 7) is 0.795. The molecule has 0 saturated carbocycles. The third-order valence-corrected chi connectivity index (χ3v) is 5.33. The molecule has 5 heteroatoms. The molecule has 0 radical (unpaired) electrons. The van der Waals surface area contributed by atoms with E-state index in [0.29, 0.717) is 6.04 Å². The number of rotatable bonds is 4. The summed E-state index contributed by atoms with van der Waals surface area (Å²) in [5, 5.41) is 3.55. The van der Waals surface area contributed by atoms with E-state index in [4.69, 9.17) is 4.74 Å². The molecule has 4 nitrogen and oxygen atoms in total. The lowest BCUT2D eigenvalue weighted by atomic mass is 10.0. The van der Waals surface area contributed by atoms with E-state index in [9.17, 15) is 4.79 Å². The van der Waals surface area contributed by atoms with Crippen LogP contribution in [-0.2, 0) is 4.79 Å². The summed E-state index contributed by atoms with van der Waals surface area (Å²) >= 11 is 1.97. The SMILES string of the molecule is COc1cccc(N2CCCC(NC3CCSC3)C2=O)c1. The fraction of sp³-hybridized carbons (Fsp3) is 0.562. The Bertz CT molecular complexity index is 503. The highest BCUT2D eigenvalue weighted by Crippen LogP contribution is 2.26. The summed E-state index contributed by atoms with van der Waals surface area (Å²) in [5.74, 6) is 3.33. The maximum absolute atomic E-state index is 12.7. The zero-order chi connectivity index (χ0) is 14.7. The highest BCUT2D eigenvalue weighted by Gasteiger charge is 2.31. The molecule has 1 amide bonds. The Morgan fingerprint density at radius 2 is 2.29 bits per heavy atom. The Kier molecular flexibility index (Phi) is 4.70. The molecule has 0 bridgehead atoms. The van der Waals surface area contributed by atoms with Crippen molar-refractivity contribution in [3.8, 4) is 5.75 Å². The Morgan fingerprint density at radius 1 is 1.38 bits per heavy atom. The summed E-state index contributed by atoms with van der Waals surface area (Å²) in [6, 6.07) is 8.22. The van der Waals surface area contributed by atoms with Gasteiger partial charge in [0.1, 0.15) is 5.75 Å². The number of ether oxygens (including phenoxy) is 1. The fourth-order valence-corrected chi connectivity index (χ4v) is 4.18. The van der Waals surface area contributed by atoms with Crippen molar-refractivity contribution >= 4 is 23.4 Å². The van der Waals surface area contributed by atoms with Gasteiger partial charge in [0.2, 0.25) is 5.91 Å². The molecule has 2 saturated heterocycles. The quantitative estimate of drug-likeness (QED) is 0.927. The number of amides is 1. The molecule has 1 aromatic rings. The Labute approximate surface area is 130 Å². The molecule has 1 N–H and O–H groups in total. The second-order valence-corrected chi connectivity index (χ2v) is 6.76. The number of hydrogen-bond acceptors (Lipinski definition) is 4. The number of nitrogens with zero attached hydrogens (tertiary/aromatic N) is 1. The molecule has 2 fully saturated rings. The van der Waals surface area contributed by atoms with Crippen molar-refractivity contribution in [1.82, 2.24) is 5.32 Å². The van der Waals surface area contributed by atoms with Crippen molar-refractivity contribution in [2.45, 2.75) is 31.3 Å². The second-order valence-electron chi connectivity index (χ2n) is 5.61. The van der Waals surface area contributed by atoms with Crippen LogP contribution < -0.4 is 15.0 Å². The van der Waals surface area contributed by atoms with Crippen LogP contribution in [0.2, 0.25) is 0 Å². The smallest absolute Gasteiger partial charge is 0.244 e. The minimum absolute atomic E-state index is 0.0337. The van der Waals surface area contributed by atoms with Crippen molar-refractivity contribution in [3.63, 3.8) is 0 Å². The zero-order valence-electron chi connectivity index (χ0n) is 12.4. The molecule has 2 aliphatic heterocycles. The van der Waals surface area contributed by atoms with Crippen LogP contribution in [0.15, 0.2) is 24.3 Å². The monoisotopic (exact) mass is 306 g/mol. The summed E-state index contributed by atoms with van der Waals surface area (Å²) in [7, 11) is 1.65. The Hall–Kier alpha value is -1.20. The molecule has 114 valence electrons. The van der Waals surface area contributed by atoms with Crippen LogP contribution in [-0.4, -0.2) is 43.2 Å². The number of piperidine rings is 1. The Morgan fingerprint density at radius 3 is 3.05 bits per heavy atom. The lowest BCUT2D eigenvalue weighted by molar-refractivity contribution is -0.121. The first-order valence-electron chi connectivity index (χ1n) is 7.57. The average Bonchev–Trinajstić information content (AvgIpc) is 3.02. The molecule has 3 rings (SSSR count). The number of carbonyl (C=O) groups excluding carboxylic acids is 1. The third-order valence-electron chi connectivity index (χ3n) is 4.17. The number of methoxy groups -OCH3 is 1. The molecule has 0 aromatic heterocycles. The minimum Gasteiger partial charge on any atom is -0.497 e.